The van der Waals surface area contributed by atoms with E-state index in [1.807, 2.05) is 0 Å². The summed E-state index contributed by atoms with van der Waals surface area (Å²) in [5.41, 5.74) is 0.407. The fraction of sp³-hybridized carbons (Fsp3) is 1.00. The van der Waals surface area contributed by atoms with Crippen molar-refractivity contribution >= 4 is 0 Å². The maximum atomic E-state index is 3.65. The van der Waals surface area contributed by atoms with Gasteiger partial charge in [-0.1, -0.05) is 27.7 Å². The molecule has 1 rings (SSSR count). The van der Waals surface area contributed by atoms with Gasteiger partial charge in [-0.2, -0.15) is 0 Å². The summed E-state index contributed by atoms with van der Waals surface area (Å²) < 4.78 is 0. The van der Waals surface area contributed by atoms with Crippen molar-refractivity contribution in [2.45, 2.75) is 47.1 Å². The first-order chi connectivity index (χ1) is 8.86. The van der Waals surface area contributed by atoms with Gasteiger partial charge in [0, 0.05) is 38.8 Å². The number of nitrogens with one attached hydrogen (secondary N) is 1. The lowest BCUT2D eigenvalue weighted by atomic mass is 9.86. The fourth-order valence-electron chi connectivity index (χ4n) is 2.76. The third kappa shape index (κ3) is 5.80. The van der Waals surface area contributed by atoms with Crippen molar-refractivity contribution in [1.29, 1.82) is 0 Å². The van der Waals surface area contributed by atoms with Gasteiger partial charge in [-0.3, -0.25) is 4.90 Å². The van der Waals surface area contributed by atoms with Crippen LogP contribution in [0.25, 0.3) is 0 Å². The second kappa shape index (κ2) is 7.61. The van der Waals surface area contributed by atoms with Crippen molar-refractivity contribution in [3.8, 4) is 0 Å². The van der Waals surface area contributed by atoms with Crippen LogP contribution in [0.5, 0.6) is 0 Å². The van der Waals surface area contributed by atoms with Crippen LogP contribution in [-0.2, 0) is 0 Å². The highest BCUT2D eigenvalue weighted by molar-refractivity contribution is 4.84. The maximum Gasteiger partial charge on any atom is 0.0192 e. The molecule has 0 aromatic rings. The first kappa shape index (κ1) is 16.9. The number of rotatable bonds is 7. The van der Waals surface area contributed by atoms with Gasteiger partial charge in [0.1, 0.15) is 0 Å². The summed E-state index contributed by atoms with van der Waals surface area (Å²) >= 11 is 0. The van der Waals surface area contributed by atoms with Crippen LogP contribution in [0.4, 0.5) is 0 Å². The Bertz CT molecular complexity index is 254. The van der Waals surface area contributed by atoms with Crippen LogP contribution >= 0.6 is 0 Å². The molecule has 0 bridgehead atoms. The monoisotopic (exact) mass is 269 g/mol. The minimum atomic E-state index is 0.407. The Morgan fingerprint density at radius 2 is 2.00 bits per heavy atom. The predicted molar refractivity (Wildman–Crippen MR) is 84.6 cm³/mol. The average molecular weight is 269 g/mol. The molecule has 1 saturated heterocycles. The highest BCUT2D eigenvalue weighted by Crippen LogP contribution is 2.23. The molecule has 1 fully saturated rings. The molecule has 1 aliphatic rings. The Hall–Kier alpha value is -0.120. The lowest BCUT2D eigenvalue weighted by molar-refractivity contribution is 0.0677. The van der Waals surface area contributed by atoms with Gasteiger partial charge >= 0.3 is 0 Å². The lowest BCUT2D eigenvalue weighted by Crippen LogP contribution is -2.53. The Morgan fingerprint density at radius 3 is 2.53 bits per heavy atom. The number of hydrogen-bond acceptors (Lipinski definition) is 3. The van der Waals surface area contributed by atoms with E-state index in [-0.39, 0.29) is 0 Å². The number of likely N-dealkylation sites (N-methyl/N-ethyl adjacent to an activating group) is 1. The lowest BCUT2D eigenvalue weighted by Gasteiger charge is -2.42. The van der Waals surface area contributed by atoms with Gasteiger partial charge in [0.2, 0.25) is 0 Å². The highest BCUT2D eigenvalue weighted by atomic mass is 15.3. The topological polar surface area (TPSA) is 18.5 Å². The largest absolute Gasteiger partial charge is 0.316 e. The fourth-order valence-corrected chi connectivity index (χ4v) is 2.76. The molecular weight excluding hydrogens is 234 g/mol. The van der Waals surface area contributed by atoms with Gasteiger partial charge in [-0.25, -0.2) is 0 Å². The summed E-state index contributed by atoms with van der Waals surface area (Å²) in [5.74, 6) is 0.741. The molecule has 0 radical (unpaired) electrons. The van der Waals surface area contributed by atoms with Crippen LogP contribution in [0.1, 0.15) is 41.0 Å². The van der Waals surface area contributed by atoms with Crippen molar-refractivity contribution in [2.75, 3.05) is 46.3 Å². The molecule has 0 aromatic heterocycles. The van der Waals surface area contributed by atoms with E-state index in [9.17, 15) is 0 Å². The van der Waals surface area contributed by atoms with Crippen molar-refractivity contribution in [2.24, 2.45) is 11.3 Å². The standard InChI is InChI=1S/C16H35N3/c1-7-16(5,12-17-10-14(2)3)13-19-9-8-18(6)15(4)11-19/h14-15,17H,7-13H2,1-6H3. The minimum Gasteiger partial charge on any atom is -0.316 e. The number of nitrogens with zero attached hydrogens (tertiary/aromatic N) is 2. The molecule has 0 amide bonds. The zero-order valence-electron chi connectivity index (χ0n) is 14.0. The highest BCUT2D eigenvalue weighted by Gasteiger charge is 2.28. The molecule has 0 spiro atoms. The van der Waals surface area contributed by atoms with Crippen LogP contribution < -0.4 is 5.32 Å². The molecule has 2 unspecified atom stereocenters. The smallest absolute Gasteiger partial charge is 0.0192 e. The molecule has 3 nitrogen and oxygen atoms in total. The third-order valence-electron chi connectivity index (χ3n) is 4.61. The van der Waals surface area contributed by atoms with E-state index in [0.717, 1.165) is 19.0 Å². The van der Waals surface area contributed by atoms with E-state index >= 15 is 0 Å². The normalized spacial score (nSPS) is 25.7. The van der Waals surface area contributed by atoms with Crippen LogP contribution in [0, 0.1) is 11.3 Å². The van der Waals surface area contributed by atoms with Gasteiger partial charge in [0.15, 0.2) is 0 Å². The Kier molecular flexibility index (Phi) is 6.78. The third-order valence-corrected chi connectivity index (χ3v) is 4.61. The van der Waals surface area contributed by atoms with Gasteiger partial charge in [0.25, 0.3) is 0 Å². The van der Waals surface area contributed by atoms with Gasteiger partial charge in [-0.05, 0) is 38.3 Å². The molecule has 1 N–H and O–H groups in total. The minimum absolute atomic E-state index is 0.407. The molecule has 3 heteroatoms. The zero-order chi connectivity index (χ0) is 14.5. The number of hydrogen-bond donors (Lipinski definition) is 1. The quantitative estimate of drug-likeness (QED) is 0.765. The predicted octanol–water partition coefficient (Wildman–Crippen LogP) is 2.28. The molecule has 0 aliphatic carbocycles. The molecular formula is C16H35N3. The molecule has 114 valence electrons. The van der Waals surface area contributed by atoms with Gasteiger partial charge < -0.3 is 10.2 Å². The summed E-state index contributed by atoms with van der Waals surface area (Å²) in [7, 11) is 2.24. The molecule has 19 heavy (non-hydrogen) atoms. The van der Waals surface area contributed by atoms with E-state index in [2.05, 4.69) is 56.8 Å². The second-order valence-corrected chi connectivity index (χ2v) is 7.25. The SMILES string of the molecule is CCC(C)(CNCC(C)C)CN1CCN(C)C(C)C1. The van der Waals surface area contributed by atoms with Gasteiger partial charge in [0.05, 0.1) is 0 Å². The summed E-state index contributed by atoms with van der Waals surface area (Å²) in [6.07, 6.45) is 1.25. The van der Waals surface area contributed by atoms with Crippen molar-refractivity contribution in [3.05, 3.63) is 0 Å². The summed E-state index contributed by atoms with van der Waals surface area (Å²) in [6, 6.07) is 0.693. The summed E-state index contributed by atoms with van der Waals surface area (Å²) in [5, 5.41) is 3.65. The van der Waals surface area contributed by atoms with Crippen LogP contribution in [0.2, 0.25) is 0 Å². The Morgan fingerprint density at radius 1 is 1.32 bits per heavy atom. The maximum absolute atomic E-state index is 3.65. The first-order valence-electron chi connectivity index (χ1n) is 7.99. The summed E-state index contributed by atoms with van der Waals surface area (Å²) in [6.45, 7) is 18.8. The molecule has 1 heterocycles. The van der Waals surface area contributed by atoms with Crippen molar-refractivity contribution in [1.82, 2.24) is 15.1 Å². The van der Waals surface area contributed by atoms with E-state index in [1.165, 1.54) is 32.6 Å². The van der Waals surface area contributed by atoms with E-state index in [4.69, 9.17) is 0 Å². The van der Waals surface area contributed by atoms with E-state index < -0.39 is 0 Å². The Labute approximate surface area is 120 Å². The van der Waals surface area contributed by atoms with E-state index in [1.54, 1.807) is 0 Å². The van der Waals surface area contributed by atoms with Crippen LogP contribution in [0.3, 0.4) is 0 Å². The first-order valence-corrected chi connectivity index (χ1v) is 7.99. The summed E-state index contributed by atoms with van der Waals surface area (Å²) in [4.78, 5) is 5.13. The van der Waals surface area contributed by atoms with Gasteiger partial charge in [-0.15, -0.1) is 0 Å². The molecule has 0 aromatic carbocycles. The Balaban J connectivity index is 2.41. The van der Waals surface area contributed by atoms with Crippen molar-refractivity contribution < 1.29 is 0 Å². The number of piperazine rings is 1. The van der Waals surface area contributed by atoms with Crippen LogP contribution in [-0.4, -0.2) is 62.2 Å². The second-order valence-electron chi connectivity index (χ2n) is 7.25. The zero-order valence-corrected chi connectivity index (χ0v) is 14.0. The molecule has 0 saturated carbocycles. The van der Waals surface area contributed by atoms with Crippen molar-refractivity contribution in [3.63, 3.8) is 0 Å². The molecule has 1 aliphatic heterocycles. The van der Waals surface area contributed by atoms with Crippen LogP contribution in [0.15, 0.2) is 0 Å². The average Bonchev–Trinajstić information content (AvgIpc) is 2.33. The van der Waals surface area contributed by atoms with E-state index in [0.29, 0.717) is 11.5 Å². The molecule has 2 atom stereocenters.